The number of sulfonamides is 1. The van der Waals surface area contributed by atoms with Crippen molar-refractivity contribution in [1.82, 2.24) is 24.1 Å². The van der Waals surface area contributed by atoms with Gasteiger partial charge in [-0.2, -0.15) is 9.40 Å². The lowest BCUT2D eigenvalue weighted by Crippen LogP contribution is -2.35. The minimum absolute atomic E-state index is 0.184. The summed E-state index contributed by atoms with van der Waals surface area (Å²) in [4.78, 5) is 2.41. The molecule has 8 nitrogen and oxygen atoms in total. The Balaban J connectivity index is 1.50. The Hall–Kier alpha value is -2.20. The van der Waals surface area contributed by atoms with Gasteiger partial charge in [0, 0.05) is 31.7 Å². The summed E-state index contributed by atoms with van der Waals surface area (Å²) in [5.41, 5.74) is 3.15. The highest BCUT2D eigenvalue weighted by molar-refractivity contribution is 7.89. The predicted octanol–water partition coefficient (Wildman–Crippen LogP) is 3.34. The number of hydrogen-bond donors (Lipinski definition) is 0. The Kier molecular flexibility index (Phi) is 6.20. The quantitative estimate of drug-likeness (QED) is 0.577. The number of rotatable bonds is 5. The lowest BCUT2D eigenvalue weighted by molar-refractivity contribution is 0.278. The van der Waals surface area contributed by atoms with Gasteiger partial charge < -0.3 is 4.52 Å². The first kappa shape index (κ1) is 22.0. The molecule has 31 heavy (non-hydrogen) atoms. The summed E-state index contributed by atoms with van der Waals surface area (Å²) in [6.45, 7) is 8.10. The molecule has 1 aromatic carbocycles. The van der Waals surface area contributed by atoms with Crippen molar-refractivity contribution in [2.75, 3.05) is 26.2 Å². The van der Waals surface area contributed by atoms with E-state index in [0.717, 1.165) is 29.9 Å². The van der Waals surface area contributed by atoms with Gasteiger partial charge in [0.15, 0.2) is 5.76 Å². The fraction of sp³-hybridized carbons (Fsp3) is 0.429. The maximum absolute atomic E-state index is 13.1. The molecule has 0 amide bonds. The molecule has 0 spiro atoms. The van der Waals surface area contributed by atoms with Crippen molar-refractivity contribution in [2.45, 2.75) is 38.6 Å². The Labute approximate surface area is 187 Å². The summed E-state index contributed by atoms with van der Waals surface area (Å²) in [5.74, 6) is 0.328. The second kappa shape index (κ2) is 8.74. The number of nitrogens with zero attached hydrogens (tertiary/aromatic N) is 5. The van der Waals surface area contributed by atoms with Gasteiger partial charge in [0.1, 0.15) is 15.7 Å². The molecule has 2 aromatic heterocycles. The third-order valence-electron chi connectivity index (χ3n) is 5.62. The standard InChI is InChI=1S/C21H26ClN5O3S/c1-15-19(21(22)27(23-15)18-8-5-4-6-9-18)14-25-10-7-11-26(13-12-25)31(28,29)20-16(2)24-30-17(20)3/h4-6,8-9H,7,10-14H2,1-3H3. The van der Waals surface area contributed by atoms with Crippen molar-refractivity contribution in [1.29, 1.82) is 0 Å². The number of para-hydroxylation sites is 1. The average Bonchev–Trinajstić information content (AvgIpc) is 3.10. The highest BCUT2D eigenvalue weighted by Gasteiger charge is 2.32. The van der Waals surface area contributed by atoms with E-state index in [1.165, 1.54) is 4.31 Å². The molecule has 0 saturated carbocycles. The van der Waals surface area contributed by atoms with E-state index in [1.807, 2.05) is 37.3 Å². The molecule has 10 heteroatoms. The van der Waals surface area contributed by atoms with Gasteiger partial charge in [0.05, 0.1) is 11.4 Å². The van der Waals surface area contributed by atoms with E-state index in [2.05, 4.69) is 15.2 Å². The van der Waals surface area contributed by atoms with E-state index >= 15 is 0 Å². The molecule has 3 aromatic rings. The van der Waals surface area contributed by atoms with Gasteiger partial charge in [-0.3, -0.25) is 4.90 Å². The highest BCUT2D eigenvalue weighted by atomic mass is 35.5. The molecule has 3 heterocycles. The molecule has 0 aliphatic carbocycles. The summed E-state index contributed by atoms with van der Waals surface area (Å²) < 4.78 is 34.7. The number of hydrogen-bond acceptors (Lipinski definition) is 6. The molecule has 1 aliphatic heterocycles. The first-order valence-electron chi connectivity index (χ1n) is 10.2. The Morgan fingerprint density at radius 3 is 2.45 bits per heavy atom. The zero-order valence-electron chi connectivity index (χ0n) is 17.9. The minimum Gasteiger partial charge on any atom is -0.360 e. The molecule has 166 valence electrons. The molecule has 0 radical (unpaired) electrons. The van der Waals surface area contributed by atoms with Gasteiger partial charge in [-0.25, -0.2) is 13.1 Å². The van der Waals surface area contributed by atoms with E-state index in [1.54, 1.807) is 18.5 Å². The first-order chi connectivity index (χ1) is 14.8. The van der Waals surface area contributed by atoms with Gasteiger partial charge in [-0.15, -0.1) is 0 Å². The number of benzene rings is 1. The molecule has 1 fully saturated rings. The molecular weight excluding hydrogens is 438 g/mol. The van der Waals surface area contributed by atoms with Gasteiger partial charge in [-0.05, 0) is 45.9 Å². The molecule has 0 bridgehead atoms. The van der Waals surface area contributed by atoms with Crippen molar-refractivity contribution in [2.24, 2.45) is 0 Å². The van der Waals surface area contributed by atoms with Crippen molar-refractivity contribution in [3.63, 3.8) is 0 Å². The molecule has 1 saturated heterocycles. The van der Waals surface area contributed by atoms with Crippen LogP contribution in [0.1, 0.15) is 29.1 Å². The minimum atomic E-state index is -3.64. The molecular formula is C21H26ClN5O3S. The van der Waals surface area contributed by atoms with Gasteiger partial charge in [0.25, 0.3) is 0 Å². The van der Waals surface area contributed by atoms with Crippen LogP contribution in [0.25, 0.3) is 5.69 Å². The van der Waals surface area contributed by atoms with Crippen LogP contribution in [0.15, 0.2) is 39.8 Å². The van der Waals surface area contributed by atoms with Crippen molar-refractivity contribution < 1.29 is 12.9 Å². The van der Waals surface area contributed by atoms with Gasteiger partial charge >= 0.3 is 0 Å². The first-order valence-corrected chi connectivity index (χ1v) is 12.1. The largest absolute Gasteiger partial charge is 0.360 e. The number of aryl methyl sites for hydroxylation is 3. The van der Waals surface area contributed by atoms with Crippen molar-refractivity contribution in [3.05, 3.63) is 58.2 Å². The van der Waals surface area contributed by atoms with Crippen LogP contribution in [-0.4, -0.2) is 58.7 Å². The Morgan fingerprint density at radius 1 is 1.03 bits per heavy atom. The second-order valence-electron chi connectivity index (χ2n) is 7.79. The van der Waals surface area contributed by atoms with E-state index in [4.69, 9.17) is 16.1 Å². The second-order valence-corrected chi connectivity index (χ2v) is 10.0. The molecule has 1 aliphatic rings. The third kappa shape index (κ3) is 4.27. The van der Waals surface area contributed by atoms with Crippen LogP contribution in [0, 0.1) is 20.8 Å². The molecule has 0 N–H and O–H groups in total. The summed E-state index contributed by atoms with van der Waals surface area (Å²) in [6, 6.07) is 9.78. The Morgan fingerprint density at radius 2 is 1.77 bits per heavy atom. The van der Waals surface area contributed by atoms with Gasteiger partial charge in [-0.1, -0.05) is 35.0 Å². The predicted molar refractivity (Wildman–Crippen MR) is 118 cm³/mol. The van der Waals surface area contributed by atoms with Crippen LogP contribution in [0.4, 0.5) is 0 Å². The van der Waals surface area contributed by atoms with Crippen LogP contribution in [-0.2, 0) is 16.6 Å². The maximum atomic E-state index is 13.1. The smallest absolute Gasteiger partial charge is 0.248 e. The van der Waals surface area contributed by atoms with Crippen LogP contribution in [0.5, 0.6) is 0 Å². The summed E-state index contributed by atoms with van der Waals surface area (Å²) in [6.07, 6.45) is 0.728. The zero-order chi connectivity index (χ0) is 22.2. The van der Waals surface area contributed by atoms with Crippen LogP contribution in [0.2, 0.25) is 5.15 Å². The van der Waals surface area contributed by atoms with E-state index in [0.29, 0.717) is 42.8 Å². The van der Waals surface area contributed by atoms with Gasteiger partial charge in [0.2, 0.25) is 10.0 Å². The van der Waals surface area contributed by atoms with E-state index < -0.39 is 10.0 Å². The summed E-state index contributed by atoms with van der Waals surface area (Å²) in [5, 5.41) is 9.00. The van der Waals surface area contributed by atoms with Crippen molar-refractivity contribution >= 4 is 21.6 Å². The van der Waals surface area contributed by atoms with E-state index in [9.17, 15) is 8.42 Å². The molecule has 0 atom stereocenters. The van der Waals surface area contributed by atoms with Crippen LogP contribution in [0.3, 0.4) is 0 Å². The number of aromatic nitrogens is 3. The van der Waals surface area contributed by atoms with Crippen LogP contribution < -0.4 is 0 Å². The number of halogens is 1. The van der Waals surface area contributed by atoms with Crippen LogP contribution >= 0.6 is 11.6 Å². The third-order valence-corrected chi connectivity index (χ3v) is 8.15. The molecule has 0 unspecified atom stereocenters. The molecule has 4 rings (SSSR count). The zero-order valence-corrected chi connectivity index (χ0v) is 19.4. The lowest BCUT2D eigenvalue weighted by atomic mass is 10.2. The summed E-state index contributed by atoms with van der Waals surface area (Å²) in [7, 11) is -3.64. The average molecular weight is 464 g/mol. The fourth-order valence-corrected chi connectivity index (χ4v) is 6.09. The Bertz CT molecular complexity index is 1150. The van der Waals surface area contributed by atoms with E-state index in [-0.39, 0.29) is 4.90 Å². The van der Waals surface area contributed by atoms with Crippen molar-refractivity contribution in [3.8, 4) is 5.69 Å². The highest BCUT2D eigenvalue weighted by Crippen LogP contribution is 2.27. The SMILES string of the molecule is Cc1nn(-c2ccccc2)c(Cl)c1CN1CCCN(S(=O)(=O)c2c(C)noc2C)CC1. The fourth-order valence-electron chi connectivity index (χ4n) is 3.99. The summed E-state index contributed by atoms with van der Waals surface area (Å²) >= 11 is 6.68. The monoisotopic (exact) mass is 463 g/mol. The topological polar surface area (TPSA) is 84.5 Å². The lowest BCUT2D eigenvalue weighted by Gasteiger charge is -2.21. The maximum Gasteiger partial charge on any atom is 0.248 e. The normalized spacial score (nSPS) is 16.5.